The van der Waals surface area contributed by atoms with Crippen molar-refractivity contribution in [3.05, 3.63) is 72.3 Å². The van der Waals surface area contributed by atoms with Crippen molar-refractivity contribution in [1.29, 1.82) is 0 Å². The predicted molar refractivity (Wildman–Crippen MR) is 135 cm³/mol. The number of anilines is 1. The molecule has 0 spiro atoms. The first-order chi connectivity index (χ1) is 16.8. The van der Waals surface area contributed by atoms with Crippen LogP contribution in [0.2, 0.25) is 0 Å². The van der Waals surface area contributed by atoms with Gasteiger partial charge in [0.25, 0.3) is 0 Å². The summed E-state index contributed by atoms with van der Waals surface area (Å²) in [5, 5.41) is 12.4. The molecule has 186 valence electrons. The van der Waals surface area contributed by atoms with E-state index in [1.165, 1.54) is 19.1 Å². The minimum atomic E-state index is -3.70. The summed E-state index contributed by atoms with van der Waals surface area (Å²) in [5.41, 5.74) is 2.65. The number of fused-ring (bicyclic) bond motifs is 1. The fraction of sp³-hybridized carbons (Fsp3) is 0.269. The van der Waals surface area contributed by atoms with Gasteiger partial charge in [0, 0.05) is 15.1 Å². The molecule has 8 nitrogen and oxygen atoms in total. The summed E-state index contributed by atoms with van der Waals surface area (Å²) in [4.78, 5) is 13.4. The number of carbonyl (C=O) groups is 1. The minimum Gasteiger partial charge on any atom is -0.454 e. The molecule has 1 aliphatic heterocycles. The van der Waals surface area contributed by atoms with Gasteiger partial charge in [0.1, 0.15) is 0 Å². The number of benzene rings is 3. The van der Waals surface area contributed by atoms with Gasteiger partial charge >= 0.3 is 0 Å². The van der Waals surface area contributed by atoms with Crippen LogP contribution in [0.5, 0.6) is 11.5 Å². The van der Waals surface area contributed by atoms with E-state index in [4.69, 9.17) is 9.47 Å². The Labute approximate surface area is 206 Å². The Kier molecular flexibility index (Phi) is 6.00. The molecular weight excluding hydrogens is 468 g/mol. The topological polar surface area (TPSA) is 114 Å². The lowest BCUT2D eigenvalue weighted by Crippen LogP contribution is -2.30. The van der Waals surface area contributed by atoms with E-state index in [1.54, 1.807) is 12.1 Å². The highest BCUT2D eigenvalue weighted by atomic mass is 32.2. The normalized spacial score (nSPS) is 16.5. The molecule has 2 aliphatic rings. The molecule has 1 heterocycles. The van der Waals surface area contributed by atoms with Crippen LogP contribution < -0.4 is 19.5 Å². The molecule has 35 heavy (non-hydrogen) atoms. The van der Waals surface area contributed by atoms with E-state index < -0.39 is 21.5 Å². The summed E-state index contributed by atoms with van der Waals surface area (Å²) in [7, 11) is -3.70. The third kappa shape index (κ3) is 4.75. The zero-order valence-electron chi connectivity index (χ0n) is 19.2. The van der Waals surface area contributed by atoms with Crippen LogP contribution in [0.15, 0.2) is 71.6 Å². The molecule has 1 amide bonds. The van der Waals surface area contributed by atoms with Crippen LogP contribution in [0.1, 0.15) is 28.2 Å². The summed E-state index contributed by atoms with van der Waals surface area (Å²) in [5.74, 6) is 1.28. The minimum absolute atomic E-state index is 0. The average Bonchev–Trinajstić information content (AvgIpc) is 3.54. The highest BCUT2D eigenvalue weighted by molar-refractivity contribution is 7.89. The zero-order valence-corrected chi connectivity index (χ0v) is 20.0. The second-order valence-electron chi connectivity index (χ2n) is 8.91. The third-order valence-corrected chi connectivity index (χ3v) is 7.74. The molecule has 1 atom stereocenters. The van der Waals surface area contributed by atoms with Gasteiger partial charge in [0.05, 0.1) is 16.4 Å². The molecule has 0 radical (unpaired) electrons. The molecule has 3 aromatic rings. The van der Waals surface area contributed by atoms with E-state index >= 15 is 0 Å². The molecule has 9 heteroatoms. The predicted octanol–water partition coefficient (Wildman–Crippen LogP) is 3.90. The summed E-state index contributed by atoms with van der Waals surface area (Å²) >= 11 is 0. The average molecular weight is 499 g/mol. The van der Waals surface area contributed by atoms with Crippen molar-refractivity contribution in [1.82, 2.24) is 4.72 Å². The summed E-state index contributed by atoms with van der Waals surface area (Å²) in [6.07, 6.45) is 0.746. The lowest BCUT2D eigenvalue weighted by molar-refractivity contribution is -0.118. The van der Waals surface area contributed by atoms with Gasteiger partial charge in [-0.2, -0.15) is 0 Å². The number of aliphatic hydroxyl groups excluding tert-OH is 1. The monoisotopic (exact) mass is 498 g/mol. The highest BCUT2D eigenvalue weighted by Gasteiger charge is 2.51. The lowest BCUT2D eigenvalue weighted by atomic mass is 9.94. The van der Waals surface area contributed by atoms with Gasteiger partial charge in [-0.3, -0.25) is 4.79 Å². The summed E-state index contributed by atoms with van der Waals surface area (Å²) < 4.78 is 37.9. The fourth-order valence-corrected chi connectivity index (χ4v) is 5.26. The molecule has 5 rings (SSSR count). The van der Waals surface area contributed by atoms with E-state index in [2.05, 4.69) is 10.0 Å². The second-order valence-corrected chi connectivity index (χ2v) is 10.7. The van der Waals surface area contributed by atoms with Crippen molar-refractivity contribution >= 4 is 21.6 Å². The maximum Gasteiger partial charge on any atom is 0.240 e. The van der Waals surface area contributed by atoms with Gasteiger partial charge in [-0.05, 0) is 72.9 Å². The van der Waals surface area contributed by atoms with Crippen LogP contribution >= 0.6 is 0 Å². The van der Waals surface area contributed by atoms with Crippen molar-refractivity contribution in [2.45, 2.75) is 36.2 Å². The number of hydrogen-bond donors (Lipinski definition) is 3. The number of ether oxygens (including phenoxy) is 2. The maximum atomic E-state index is 13.2. The maximum absolute atomic E-state index is 13.2. The molecule has 3 N–H and O–H groups in total. The number of nitrogens with one attached hydrogen (secondary N) is 2. The Bertz CT molecular complexity index is 1380. The SMILES string of the molecule is CC(O)CNS(=O)(=O)c1ccc(-c2cccc(NC(=O)C3(c4ccc5c(c4)OCO5)CC3)c2)cc1.[HH].[HH]. The van der Waals surface area contributed by atoms with Crippen LogP contribution in [0, 0.1) is 0 Å². The number of rotatable bonds is 8. The van der Waals surface area contributed by atoms with Crippen LogP contribution in [0.4, 0.5) is 5.69 Å². The van der Waals surface area contributed by atoms with Crippen molar-refractivity contribution in [2.24, 2.45) is 0 Å². The molecule has 0 bridgehead atoms. The number of carbonyl (C=O) groups excluding carboxylic acids is 1. The Hall–Kier alpha value is -3.40. The summed E-state index contributed by atoms with van der Waals surface area (Å²) in [6.45, 7) is 1.65. The van der Waals surface area contributed by atoms with E-state index in [1.807, 2.05) is 42.5 Å². The molecule has 1 fully saturated rings. The van der Waals surface area contributed by atoms with E-state index in [0.29, 0.717) is 17.2 Å². The molecule has 1 unspecified atom stereocenters. The number of hydrogen-bond acceptors (Lipinski definition) is 6. The van der Waals surface area contributed by atoms with Gasteiger partial charge in [-0.1, -0.05) is 30.3 Å². The van der Waals surface area contributed by atoms with Crippen LogP contribution in [0.3, 0.4) is 0 Å². The van der Waals surface area contributed by atoms with Gasteiger partial charge in [-0.25, -0.2) is 13.1 Å². The van der Waals surface area contributed by atoms with E-state index in [0.717, 1.165) is 29.5 Å². The smallest absolute Gasteiger partial charge is 0.240 e. The zero-order chi connectivity index (χ0) is 24.6. The quantitative estimate of drug-likeness (QED) is 0.434. The number of sulfonamides is 1. The Balaban J connectivity index is 0.00000190. The Morgan fingerprint density at radius 3 is 2.49 bits per heavy atom. The Morgan fingerprint density at radius 1 is 1.03 bits per heavy atom. The Morgan fingerprint density at radius 2 is 1.77 bits per heavy atom. The second kappa shape index (κ2) is 8.99. The molecule has 0 saturated heterocycles. The van der Waals surface area contributed by atoms with E-state index in [-0.39, 0.29) is 27.0 Å². The first-order valence-corrected chi connectivity index (χ1v) is 12.8. The first-order valence-electron chi connectivity index (χ1n) is 11.4. The molecule has 1 aliphatic carbocycles. The number of amides is 1. The van der Waals surface area contributed by atoms with Crippen molar-refractivity contribution in [3.63, 3.8) is 0 Å². The van der Waals surface area contributed by atoms with Gasteiger partial charge in [0.2, 0.25) is 22.7 Å². The largest absolute Gasteiger partial charge is 0.454 e. The number of aliphatic hydroxyl groups is 1. The molecule has 1 saturated carbocycles. The van der Waals surface area contributed by atoms with Gasteiger partial charge in [-0.15, -0.1) is 0 Å². The molecule has 3 aromatic carbocycles. The first kappa shape index (κ1) is 23.3. The van der Waals surface area contributed by atoms with Crippen molar-refractivity contribution in [2.75, 3.05) is 18.7 Å². The molecular formula is C26H30N2O6S. The van der Waals surface area contributed by atoms with Crippen molar-refractivity contribution in [3.8, 4) is 22.6 Å². The van der Waals surface area contributed by atoms with Crippen LogP contribution in [0.25, 0.3) is 11.1 Å². The standard InChI is InChI=1S/C26H26N2O6S.2H2/c1-17(29)15-27-35(31,32)22-8-5-18(6-9-22)19-3-2-4-21(13-19)28-25(30)26(11-12-26)20-7-10-23-24(14-20)34-16-33-23;;/h2-10,13-14,17,27,29H,11-12,15-16H2,1H3,(H,28,30);2*1H. The van der Waals surface area contributed by atoms with E-state index in [9.17, 15) is 18.3 Å². The van der Waals surface area contributed by atoms with Gasteiger partial charge < -0.3 is 19.9 Å². The highest BCUT2D eigenvalue weighted by Crippen LogP contribution is 2.51. The summed E-state index contributed by atoms with van der Waals surface area (Å²) in [6, 6.07) is 19.6. The third-order valence-electron chi connectivity index (χ3n) is 6.30. The lowest BCUT2D eigenvalue weighted by Gasteiger charge is -2.17. The van der Waals surface area contributed by atoms with Crippen LogP contribution in [-0.4, -0.2) is 38.9 Å². The van der Waals surface area contributed by atoms with Crippen molar-refractivity contribution < 1.29 is 30.6 Å². The van der Waals surface area contributed by atoms with Gasteiger partial charge in [0.15, 0.2) is 11.5 Å². The molecule has 0 aromatic heterocycles. The van der Waals surface area contributed by atoms with Crippen LogP contribution in [-0.2, 0) is 20.2 Å². The fourth-order valence-electron chi connectivity index (χ4n) is 4.13.